The van der Waals surface area contributed by atoms with Crippen LogP contribution in [0.2, 0.25) is 0 Å². The second kappa shape index (κ2) is 6.27. The predicted octanol–water partition coefficient (Wildman–Crippen LogP) is 3.07. The van der Waals surface area contributed by atoms with E-state index in [1.807, 2.05) is 0 Å². The van der Waals surface area contributed by atoms with Crippen LogP contribution >= 0.6 is 15.9 Å². The van der Waals surface area contributed by atoms with Gasteiger partial charge in [-0.3, -0.25) is 10.1 Å². The summed E-state index contributed by atoms with van der Waals surface area (Å²) in [5.74, 6) is 0.833. The van der Waals surface area contributed by atoms with Crippen LogP contribution in [-0.2, 0) is 6.42 Å². The van der Waals surface area contributed by atoms with Gasteiger partial charge in [-0.25, -0.2) is 4.98 Å². The monoisotopic (exact) mass is 363 g/mol. The van der Waals surface area contributed by atoms with Gasteiger partial charge in [0, 0.05) is 6.42 Å². The van der Waals surface area contributed by atoms with Crippen molar-refractivity contribution in [1.82, 2.24) is 19.6 Å². The van der Waals surface area contributed by atoms with Crippen molar-refractivity contribution in [2.24, 2.45) is 0 Å². The first-order valence-corrected chi connectivity index (χ1v) is 7.73. The van der Waals surface area contributed by atoms with Crippen LogP contribution in [0.25, 0.3) is 5.65 Å². The molecule has 0 aliphatic rings. The first-order valence-electron chi connectivity index (χ1n) is 6.94. The molecule has 0 saturated carbocycles. The molecule has 22 heavy (non-hydrogen) atoms. The summed E-state index contributed by atoms with van der Waals surface area (Å²) < 4.78 is 7.32. The van der Waals surface area contributed by atoms with E-state index in [4.69, 9.17) is 4.42 Å². The number of hydrogen-bond donors (Lipinski definition) is 1. The van der Waals surface area contributed by atoms with Gasteiger partial charge in [0.2, 0.25) is 5.95 Å². The second-order valence-corrected chi connectivity index (χ2v) is 5.58. The molecule has 7 nitrogen and oxygen atoms in total. The number of nitrogens with one attached hydrogen (secondary N) is 1. The topological polar surface area (TPSA) is 85.3 Å². The maximum atomic E-state index is 12.1. The summed E-state index contributed by atoms with van der Waals surface area (Å²) in [7, 11) is 0. The lowest BCUT2D eigenvalue weighted by molar-refractivity contribution is 0.0995. The Morgan fingerprint density at radius 1 is 1.45 bits per heavy atom. The molecule has 1 amide bonds. The van der Waals surface area contributed by atoms with Crippen LogP contribution < -0.4 is 5.32 Å². The number of furan rings is 1. The van der Waals surface area contributed by atoms with Gasteiger partial charge in [0.1, 0.15) is 5.82 Å². The van der Waals surface area contributed by atoms with Crippen molar-refractivity contribution in [3.63, 3.8) is 0 Å². The standard InChI is InChI=1S/C14H14BrN5O2/c1-2-3-6-11-17-12-9(15)8-16-20(12)14(18-11)19-13(21)10-5-4-7-22-10/h4-5,7-8H,2-3,6H2,1H3,(H,17,18,19,21). The van der Waals surface area contributed by atoms with Crippen molar-refractivity contribution in [2.75, 3.05) is 5.32 Å². The van der Waals surface area contributed by atoms with Gasteiger partial charge in [-0.05, 0) is 34.5 Å². The summed E-state index contributed by atoms with van der Waals surface area (Å²) in [4.78, 5) is 21.0. The Morgan fingerprint density at radius 2 is 2.32 bits per heavy atom. The van der Waals surface area contributed by atoms with Gasteiger partial charge in [0.05, 0.1) is 16.9 Å². The van der Waals surface area contributed by atoms with Crippen LogP contribution in [0.5, 0.6) is 0 Å². The van der Waals surface area contributed by atoms with E-state index in [1.165, 1.54) is 10.8 Å². The molecule has 0 atom stereocenters. The lowest BCUT2D eigenvalue weighted by Crippen LogP contribution is -2.17. The Labute approximate surface area is 134 Å². The summed E-state index contributed by atoms with van der Waals surface area (Å²) in [6.45, 7) is 2.10. The number of unbranched alkanes of at least 4 members (excludes halogenated alkanes) is 1. The third kappa shape index (κ3) is 2.87. The van der Waals surface area contributed by atoms with Crippen molar-refractivity contribution < 1.29 is 9.21 Å². The number of rotatable bonds is 5. The zero-order chi connectivity index (χ0) is 15.5. The molecule has 0 aliphatic heterocycles. The number of hydrogen-bond acceptors (Lipinski definition) is 5. The van der Waals surface area contributed by atoms with Gasteiger partial charge < -0.3 is 4.42 Å². The summed E-state index contributed by atoms with van der Waals surface area (Å²) in [6.07, 6.45) is 5.84. The molecule has 3 aromatic heterocycles. The molecular formula is C14H14BrN5O2. The summed E-state index contributed by atoms with van der Waals surface area (Å²) in [5.41, 5.74) is 0.621. The molecule has 114 valence electrons. The Kier molecular flexibility index (Phi) is 4.19. The van der Waals surface area contributed by atoms with E-state index in [1.54, 1.807) is 18.3 Å². The van der Waals surface area contributed by atoms with Crippen LogP contribution in [0.4, 0.5) is 5.95 Å². The fourth-order valence-electron chi connectivity index (χ4n) is 1.99. The van der Waals surface area contributed by atoms with Gasteiger partial charge in [-0.15, -0.1) is 0 Å². The zero-order valence-electron chi connectivity index (χ0n) is 11.9. The predicted molar refractivity (Wildman–Crippen MR) is 83.8 cm³/mol. The molecule has 0 fully saturated rings. The lowest BCUT2D eigenvalue weighted by Gasteiger charge is -2.07. The third-order valence-corrected chi connectivity index (χ3v) is 3.65. The highest BCUT2D eigenvalue weighted by Gasteiger charge is 2.16. The minimum atomic E-state index is -0.377. The normalized spacial score (nSPS) is 11.0. The first-order chi connectivity index (χ1) is 10.7. The smallest absolute Gasteiger partial charge is 0.293 e. The fourth-order valence-corrected chi connectivity index (χ4v) is 2.34. The first kappa shape index (κ1) is 14.7. The number of fused-ring (bicyclic) bond motifs is 1. The van der Waals surface area contributed by atoms with Gasteiger partial charge in [0.25, 0.3) is 5.91 Å². The van der Waals surface area contributed by atoms with Crippen molar-refractivity contribution >= 4 is 33.4 Å². The summed E-state index contributed by atoms with van der Waals surface area (Å²) in [6, 6.07) is 3.24. The van der Waals surface area contributed by atoms with Crippen LogP contribution in [-0.4, -0.2) is 25.5 Å². The van der Waals surface area contributed by atoms with Crippen LogP contribution in [0.3, 0.4) is 0 Å². The largest absolute Gasteiger partial charge is 0.459 e. The van der Waals surface area contributed by atoms with E-state index < -0.39 is 0 Å². The molecule has 3 rings (SSSR count). The molecule has 1 N–H and O–H groups in total. The number of nitrogens with zero attached hydrogens (tertiary/aromatic N) is 4. The average molecular weight is 364 g/mol. The van der Waals surface area contributed by atoms with Crippen molar-refractivity contribution in [2.45, 2.75) is 26.2 Å². The van der Waals surface area contributed by atoms with Gasteiger partial charge in [-0.2, -0.15) is 14.6 Å². The number of carbonyl (C=O) groups excluding carboxylic acids is 1. The summed E-state index contributed by atoms with van der Waals surface area (Å²) in [5, 5.41) is 6.89. The number of carbonyl (C=O) groups is 1. The Bertz CT molecular complexity index is 797. The van der Waals surface area contributed by atoms with E-state index in [0.717, 1.165) is 23.7 Å². The van der Waals surface area contributed by atoms with E-state index in [9.17, 15) is 4.79 Å². The average Bonchev–Trinajstić information content (AvgIpc) is 3.16. The molecule has 0 aromatic carbocycles. The van der Waals surface area contributed by atoms with Crippen LogP contribution in [0.1, 0.15) is 36.1 Å². The Balaban J connectivity index is 1.97. The highest BCUT2D eigenvalue weighted by molar-refractivity contribution is 9.10. The minimum absolute atomic E-state index is 0.216. The highest BCUT2D eigenvalue weighted by Crippen LogP contribution is 2.19. The molecule has 0 aliphatic carbocycles. The second-order valence-electron chi connectivity index (χ2n) is 4.73. The van der Waals surface area contributed by atoms with Gasteiger partial charge >= 0.3 is 0 Å². The number of aryl methyl sites for hydroxylation is 1. The fraction of sp³-hybridized carbons (Fsp3) is 0.286. The highest BCUT2D eigenvalue weighted by atomic mass is 79.9. The van der Waals surface area contributed by atoms with Crippen molar-refractivity contribution in [3.8, 4) is 0 Å². The molecule has 0 radical (unpaired) electrons. The quantitative estimate of drug-likeness (QED) is 0.752. The number of anilines is 1. The van der Waals surface area contributed by atoms with E-state index in [2.05, 4.69) is 43.2 Å². The molecule has 0 bridgehead atoms. The van der Waals surface area contributed by atoms with Crippen LogP contribution in [0, 0.1) is 0 Å². The molecule has 3 heterocycles. The molecule has 0 saturated heterocycles. The Morgan fingerprint density at radius 3 is 3.05 bits per heavy atom. The summed E-state index contributed by atoms with van der Waals surface area (Å²) >= 11 is 3.40. The lowest BCUT2D eigenvalue weighted by atomic mass is 10.2. The van der Waals surface area contributed by atoms with Crippen molar-refractivity contribution in [1.29, 1.82) is 0 Å². The van der Waals surface area contributed by atoms with E-state index in [-0.39, 0.29) is 11.7 Å². The molecular weight excluding hydrogens is 350 g/mol. The minimum Gasteiger partial charge on any atom is -0.459 e. The van der Waals surface area contributed by atoms with Crippen molar-refractivity contribution in [3.05, 3.63) is 40.7 Å². The molecule has 3 aromatic rings. The molecule has 0 unspecified atom stereocenters. The maximum Gasteiger partial charge on any atom is 0.293 e. The molecule has 8 heteroatoms. The van der Waals surface area contributed by atoms with Gasteiger partial charge in [-0.1, -0.05) is 13.3 Å². The number of aromatic nitrogens is 4. The number of amides is 1. The zero-order valence-corrected chi connectivity index (χ0v) is 13.5. The van der Waals surface area contributed by atoms with Gasteiger partial charge in [0.15, 0.2) is 11.4 Å². The number of halogens is 1. The SMILES string of the molecule is CCCCc1nc(NC(=O)c2ccco2)n2ncc(Br)c2n1. The third-order valence-electron chi connectivity index (χ3n) is 3.10. The molecule has 0 spiro atoms. The Hall–Kier alpha value is -2.22. The van der Waals surface area contributed by atoms with E-state index >= 15 is 0 Å². The van der Waals surface area contributed by atoms with Crippen LogP contribution in [0.15, 0.2) is 33.5 Å². The maximum absolute atomic E-state index is 12.1. The van der Waals surface area contributed by atoms with E-state index in [0.29, 0.717) is 17.4 Å².